The first-order valence-electron chi connectivity index (χ1n) is 8.72. The Morgan fingerprint density at radius 1 is 1.14 bits per heavy atom. The number of amides is 3. The van der Waals surface area contributed by atoms with Gasteiger partial charge in [0.2, 0.25) is 0 Å². The van der Waals surface area contributed by atoms with Gasteiger partial charge in [-0.1, -0.05) is 12.1 Å². The normalized spacial score (nSPS) is 9.75. The van der Waals surface area contributed by atoms with E-state index in [1.807, 2.05) is 13.0 Å². The van der Waals surface area contributed by atoms with Crippen molar-refractivity contribution in [2.75, 3.05) is 30.4 Å². The Hall–Kier alpha value is -3.73. The number of methoxy groups -OCH3 is 1. The first-order valence-corrected chi connectivity index (χ1v) is 8.72. The molecule has 0 aliphatic rings. The molecule has 0 atom stereocenters. The minimum absolute atomic E-state index is 0.144. The molecule has 0 aliphatic carbocycles. The molecule has 0 aliphatic heterocycles. The summed E-state index contributed by atoms with van der Waals surface area (Å²) < 4.78 is 10.6. The minimum Gasteiger partial charge on any atom is -0.497 e. The van der Waals surface area contributed by atoms with E-state index >= 15 is 0 Å². The smallest absolute Gasteiger partial charge is 0.419 e. The second-order valence-electron chi connectivity index (χ2n) is 5.64. The largest absolute Gasteiger partial charge is 0.497 e. The molecule has 0 saturated heterocycles. The van der Waals surface area contributed by atoms with Crippen LogP contribution in [-0.2, 0) is 0 Å². The summed E-state index contributed by atoms with van der Waals surface area (Å²) in [4.78, 5) is 25.7. The molecule has 28 heavy (non-hydrogen) atoms. The van der Waals surface area contributed by atoms with E-state index < -0.39 is 6.09 Å². The average Bonchev–Trinajstić information content (AvgIpc) is 2.69. The lowest BCUT2D eigenvalue weighted by Crippen LogP contribution is -2.34. The van der Waals surface area contributed by atoms with Crippen molar-refractivity contribution in [1.29, 1.82) is 5.26 Å². The zero-order valence-electron chi connectivity index (χ0n) is 15.8. The Balaban J connectivity index is 2.16. The fourth-order valence-electron chi connectivity index (χ4n) is 2.40. The number of urea groups is 1. The summed E-state index contributed by atoms with van der Waals surface area (Å²) in [6.07, 6.45) is -0.496. The van der Waals surface area contributed by atoms with Gasteiger partial charge in [0.25, 0.3) is 0 Å². The standard InChI is InChI=1S/C20H22N4O4/c1-3-22-19(25)23-15-7-4-10-18(13-15)28-20(26)24(12-6-11-21)16-8-5-9-17(14-16)27-2/h4-5,7-10,13-14H,3,6,12H2,1-2H3,(H2,22,23,25). The van der Waals surface area contributed by atoms with E-state index in [-0.39, 0.29) is 24.7 Å². The molecule has 0 heterocycles. The molecular formula is C20H22N4O4. The second-order valence-corrected chi connectivity index (χ2v) is 5.64. The third-order valence-electron chi connectivity index (χ3n) is 3.67. The van der Waals surface area contributed by atoms with Crippen LogP contribution >= 0.6 is 0 Å². The van der Waals surface area contributed by atoms with Gasteiger partial charge in [-0.25, -0.2) is 9.59 Å². The van der Waals surface area contributed by atoms with Crippen molar-refractivity contribution >= 4 is 23.5 Å². The maximum absolute atomic E-state index is 12.7. The third kappa shape index (κ3) is 5.92. The number of benzene rings is 2. The van der Waals surface area contributed by atoms with Crippen molar-refractivity contribution in [2.24, 2.45) is 0 Å². The van der Waals surface area contributed by atoms with Crippen molar-refractivity contribution < 1.29 is 19.1 Å². The molecule has 146 valence electrons. The molecule has 2 rings (SSSR count). The van der Waals surface area contributed by atoms with Crippen LogP contribution < -0.4 is 25.0 Å². The van der Waals surface area contributed by atoms with Crippen molar-refractivity contribution in [1.82, 2.24) is 5.32 Å². The topological polar surface area (TPSA) is 104 Å². The summed E-state index contributed by atoms with van der Waals surface area (Å²) in [6.45, 7) is 2.47. The molecule has 8 nitrogen and oxygen atoms in total. The van der Waals surface area contributed by atoms with Crippen molar-refractivity contribution in [2.45, 2.75) is 13.3 Å². The predicted octanol–water partition coefficient (Wildman–Crippen LogP) is 3.76. The zero-order valence-corrected chi connectivity index (χ0v) is 15.8. The van der Waals surface area contributed by atoms with Gasteiger partial charge < -0.3 is 20.1 Å². The number of carbonyl (C=O) groups is 2. The molecule has 2 aromatic rings. The summed E-state index contributed by atoms with van der Waals surface area (Å²) in [5.74, 6) is 0.851. The van der Waals surface area contributed by atoms with Crippen LogP contribution in [0.5, 0.6) is 11.5 Å². The highest BCUT2D eigenvalue weighted by Crippen LogP contribution is 2.24. The van der Waals surface area contributed by atoms with Crippen LogP contribution in [0.2, 0.25) is 0 Å². The molecular weight excluding hydrogens is 360 g/mol. The summed E-state index contributed by atoms with van der Waals surface area (Å²) >= 11 is 0. The van der Waals surface area contributed by atoms with Gasteiger partial charge in [-0.3, -0.25) is 4.90 Å². The van der Waals surface area contributed by atoms with Gasteiger partial charge in [-0.05, 0) is 31.2 Å². The van der Waals surface area contributed by atoms with E-state index in [9.17, 15) is 9.59 Å². The Morgan fingerprint density at radius 2 is 1.89 bits per heavy atom. The van der Waals surface area contributed by atoms with Crippen LogP contribution in [-0.4, -0.2) is 32.3 Å². The number of hydrogen-bond donors (Lipinski definition) is 2. The first-order chi connectivity index (χ1) is 13.6. The molecule has 0 bridgehead atoms. The number of nitrogens with one attached hydrogen (secondary N) is 2. The Bertz CT molecular complexity index is 863. The molecule has 0 unspecified atom stereocenters. The molecule has 0 fully saturated rings. The van der Waals surface area contributed by atoms with Crippen LogP contribution in [0, 0.1) is 11.3 Å². The van der Waals surface area contributed by atoms with Gasteiger partial charge in [0.1, 0.15) is 11.5 Å². The van der Waals surface area contributed by atoms with Gasteiger partial charge in [-0.15, -0.1) is 0 Å². The van der Waals surface area contributed by atoms with Crippen molar-refractivity contribution in [3.05, 3.63) is 48.5 Å². The quantitative estimate of drug-likeness (QED) is 0.759. The van der Waals surface area contributed by atoms with Gasteiger partial charge in [0, 0.05) is 30.9 Å². The number of carbonyl (C=O) groups excluding carboxylic acids is 2. The van der Waals surface area contributed by atoms with Crippen molar-refractivity contribution in [3.63, 3.8) is 0 Å². The Labute approximate surface area is 163 Å². The zero-order chi connectivity index (χ0) is 20.4. The molecule has 2 aromatic carbocycles. The van der Waals surface area contributed by atoms with Crippen LogP contribution in [0.25, 0.3) is 0 Å². The van der Waals surface area contributed by atoms with E-state index in [1.54, 1.807) is 48.5 Å². The third-order valence-corrected chi connectivity index (χ3v) is 3.67. The molecule has 0 saturated carbocycles. The number of anilines is 2. The maximum atomic E-state index is 12.7. The van der Waals surface area contributed by atoms with Crippen molar-refractivity contribution in [3.8, 4) is 17.6 Å². The molecule has 0 radical (unpaired) electrons. The maximum Gasteiger partial charge on any atom is 0.419 e. The van der Waals surface area contributed by atoms with Gasteiger partial charge in [0.15, 0.2) is 0 Å². The van der Waals surface area contributed by atoms with E-state index in [1.165, 1.54) is 12.0 Å². The molecule has 2 N–H and O–H groups in total. The van der Waals surface area contributed by atoms with Gasteiger partial charge in [-0.2, -0.15) is 5.26 Å². The number of rotatable bonds is 7. The summed E-state index contributed by atoms with van der Waals surface area (Å²) in [5, 5.41) is 14.2. The highest BCUT2D eigenvalue weighted by molar-refractivity contribution is 5.91. The van der Waals surface area contributed by atoms with E-state index in [0.29, 0.717) is 23.7 Å². The highest BCUT2D eigenvalue weighted by atomic mass is 16.6. The lowest BCUT2D eigenvalue weighted by Gasteiger charge is -2.21. The predicted molar refractivity (Wildman–Crippen MR) is 106 cm³/mol. The van der Waals surface area contributed by atoms with E-state index in [4.69, 9.17) is 14.7 Å². The van der Waals surface area contributed by atoms with Crippen LogP contribution in [0.15, 0.2) is 48.5 Å². The fourth-order valence-corrected chi connectivity index (χ4v) is 2.40. The number of ether oxygens (including phenoxy) is 2. The minimum atomic E-state index is -0.640. The lowest BCUT2D eigenvalue weighted by molar-refractivity contribution is 0.207. The summed E-state index contributed by atoms with van der Waals surface area (Å²) in [5.41, 5.74) is 1.04. The van der Waals surface area contributed by atoms with Crippen LogP contribution in [0.1, 0.15) is 13.3 Å². The average molecular weight is 382 g/mol. The Kier molecular flexibility index (Phi) is 7.66. The molecule has 0 spiro atoms. The van der Waals surface area contributed by atoms with E-state index in [0.717, 1.165) is 0 Å². The number of nitriles is 1. The monoisotopic (exact) mass is 382 g/mol. The number of hydrogen-bond acceptors (Lipinski definition) is 5. The van der Waals surface area contributed by atoms with Crippen LogP contribution in [0.4, 0.5) is 21.0 Å². The van der Waals surface area contributed by atoms with Crippen LogP contribution in [0.3, 0.4) is 0 Å². The van der Waals surface area contributed by atoms with Gasteiger partial charge in [0.05, 0.1) is 25.3 Å². The summed E-state index contributed by atoms with van der Waals surface area (Å²) in [7, 11) is 1.53. The second kappa shape index (κ2) is 10.4. The molecule has 3 amide bonds. The fraction of sp³-hybridized carbons (Fsp3) is 0.250. The van der Waals surface area contributed by atoms with E-state index in [2.05, 4.69) is 10.6 Å². The molecule has 8 heteroatoms. The van der Waals surface area contributed by atoms with Gasteiger partial charge >= 0.3 is 12.1 Å². The summed E-state index contributed by atoms with van der Waals surface area (Å²) in [6, 6.07) is 15.1. The molecule has 0 aromatic heterocycles. The lowest BCUT2D eigenvalue weighted by atomic mass is 10.2. The SMILES string of the molecule is CCNC(=O)Nc1cccc(OC(=O)N(CCC#N)c2cccc(OC)c2)c1. The first kappa shape index (κ1) is 20.6. The highest BCUT2D eigenvalue weighted by Gasteiger charge is 2.19. The number of nitrogens with zero attached hydrogens (tertiary/aromatic N) is 2. The Morgan fingerprint density at radius 3 is 2.61 bits per heavy atom.